The number of halogens is 1. The molecule has 0 radical (unpaired) electrons. The molecule has 2 heterocycles. The van der Waals surface area contributed by atoms with E-state index in [4.69, 9.17) is 21.3 Å². The SMILES string of the molecule is COC1CCC2C(C1)C(C1CCC(Cl)CC1)=N[C@@H](CC(=O)NCCCNC(C)=O)C1NNC(C)N21. The molecule has 0 aromatic carbocycles. The fraction of sp³-hybridized carbons (Fsp3) is 0.880. The minimum absolute atomic E-state index is 0.00587. The summed E-state index contributed by atoms with van der Waals surface area (Å²) in [5.74, 6) is 0.722. The summed E-state index contributed by atoms with van der Waals surface area (Å²) in [4.78, 5) is 32.0. The van der Waals surface area contributed by atoms with Crippen LogP contribution in [0.1, 0.15) is 71.6 Å². The van der Waals surface area contributed by atoms with Crippen LogP contribution < -0.4 is 21.5 Å². The van der Waals surface area contributed by atoms with E-state index in [1.165, 1.54) is 12.6 Å². The third-order valence-electron chi connectivity index (χ3n) is 8.27. The zero-order valence-electron chi connectivity index (χ0n) is 21.4. The molecule has 4 rings (SSSR count). The van der Waals surface area contributed by atoms with E-state index in [2.05, 4.69) is 33.3 Å². The van der Waals surface area contributed by atoms with Gasteiger partial charge in [-0.05, 0) is 64.2 Å². The lowest BCUT2D eigenvalue weighted by molar-refractivity contribution is -0.121. The van der Waals surface area contributed by atoms with E-state index in [9.17, 15) is 9.59 Å². The second kappa shape index (κ2) is 12.3. The molecule has 10 heteroatoms. The van der Waals surface area contributed by atoms with Gasteiger partial charge in [0.15, 0.2) is 0 Å². The summed E-state index contributed by atoms with van der Waals surface area (Å²) in [6.07, 6.45) is 8.75. The summed E-state index contributed by atoms with van der Waals surface area (Å²) >= 11 is 6.46. The Kier molecular flexibility index (Phi) is 9.43. The number of hydrogen-bond acceptors (Lipinski definition) is 7. The standard InChI is InChI=1S/C25H43ClN6O3/c1-15-30-31-25-21(14-23(34)28-12-4-11-27-16(2)33)29-24(17-5-7-18(26)8-6-17)20-13-19(35-3)9-10-22(20)32(15)25/h15,17-22,25,30-31H,4-14H2,1-3H3,(H,27,33)(H,28,34)/t15?,17?,18?,19?,20?,21-,22?,25?/m0/s1. The number of alkyl halides is 1. The minimum atomic E-state index is -0.168. The van der Waals surface area contributed by atoms with E-state index < -0.39 is 0 Å². The Labute approximate surface area is 214 Å². The van der Waals surface area contributed by atoms with Crippen LogP contribution in [0.2, 0.25) is 0 Å². The van der Waals surface area contributed by atoms with Crippen LogP contribution in [-0.2, 0) is 14.3 Å². The van der Waals surface area contributed by atoms with Crippen LogP contribution in [0.3, 0.4) is 0 Å². The minimum Gasteiger partial charge on any atom is -0.381 e. The Balaban J connectivity index is 1.53. The Morgan fingerprint density at radius 2 is 1.86 bits per heavy atom. The normalized spacial score (nSPS) is 37.5. The molecule has 4 aliphatic rings. The number of methoxy groups -OCH3 is 1. The van der Waals surface area contributed by atoms with E-state index in [0.717, 1.165) is 44.9 Å². The van der Waals surface area contributed by atoms with Crippen LogP contribution in [0.25, 0.3) is 0 Å². The van der Waals surface area contributed by atoms with Gasteiger partial charge in [-0.15, -0.1) is 11.6 Å². The number of carbonyl (C=O) groups is 2. The number of aliphatic imine (C=N–C) groups is 1. The van der Waals surface area contributed by atoms with Crippen LogP contribution in [0, 0.1) is 11.8 Å². The Morgan fingerprint density at radius 1 is 1.11 bits per heavy atom. The molecule has 9 nitrogen and oxygen atoms in total. The quantitative estimate of drug-likeness (QED) is 0.293. The number of rotatable bonds is 8. The monoisotopic (exact) mass is 510 g/mol. The molecule has 0 aromatic rings. The molecular weight excluding hydrogens is 468 g/mol. The van der Waals surface area contributed by atoms with E-state index in [1.54, 1.807) is 0 Å². The van der Waals surface area contributed by atoms with Gasteiger partial charge >= 0.3 is 0 Å². The molecule has 5 unspecified atom stereocenters. The second-order valence-corrected chi connectivity index (χ2v) is 11.3. The number of carbonyl (C=O) groups excluding carboxylic acids is 2. The molecular formula is C25H43ClN6O3. The van der Waals surface area contributed by atoms with Crippen molar-refractivity contribution in [2.24, 2.45) is 16.8 Å². The number of fused-ring (bicyclic) bond motifs is 3. The molecule has 198 valence electrons. The lowest BCUT2D eigenvalue weighted by atomic mass is 9.72. The highest BCUT2D eigenvalue weighted by atomic mass is 35.5. The average molecular weight is 511 g/mol. The van der Waals surface area contributed by atoms with Gasteiger partial charge in [-0.2, -0.15) is 0 Å². The number of nitrogens with one attached hydrogen (secondary N) is 4. The second-order valence-electron chi connectivity index (χ2n) is 10.7. The van der Waals surface area contributed by atoms with Crippen molar-refractivity contribution < 1.29 is 14.3 Å². The van der Waals surface area contributed by atoms with Gasteiger partial charge in [-0.1, -0.05) is 0 Å². The molecule has 35 heavy (non-hydrogen) atoms. The molecule has 2 amide bonds. The van der Waals surface area contributed by atoms with Gasteiger partial charge < -0.3 is 15.4 Å². The Hall–Kier alpha value is -1.26. The van der Waals surface area contributed by atoms with Crippen molar-refractivity contribution in [2.75, 3.05) is 20.2 Å². The lowest BCUT2D eigenvalue weighted by Crippen LogP contribution is -2.55. The first-order valence-corrected chi connectivity index (χ1v) is 13.8. The predicted octanol–water partition coefficient (Wildman–Crippen LogP) is 1.91. The summed E-state index contributed by atoms with van der Waals surface area (Å²) in [6, 6.07) is 0.209. The topological polar surface area (TPSA) is 107 Å². The van der Waals surface area contributed by atoms with Crippen LogP contribution in [0.5, 0.6) is 0 Å². The van der Waals surface area contributed by atoms with E-state index in [-0.39, 0.29) is 41.7 Å². The van der Waals surface area contributed by atoms with Gasteiger partial charge in [-0.25, -0.2) is 10.9 Å². The number of hydrogen-bond donors (Lipinski definition) is 4. The first-order valence-electron chi connectivity index (χ1n) is 13.4. The lowest BCUT2D eigenvalue weighted by Gasteiger charge is -2.44. The Bertz CT molecular complexity index is 774. The molecule has 6 atom stereocenters. The smallest absolute Gasteiger partial charge is 0.222 e. The van der Waals surface area contributed by atoms with Gasteiger partial charge in [-0.3, -0.25) is 19.5 Å². The molecule has 2 saturated carbocycles. The molecule has 2 aliphatic carbocycles. The zero-order valence-corrected chi connectivity index (χ0v) is 22.2. The van der Waals surface area contributed by atoms with Crippen molar-refractivity contribution in [1.82, 2.24) is 26.4 Å². The van der Waals surface area contributed by atoms with Crippen molar-refractivity contribution >= 4 is 29.1 Å². The number of hydrazine groups is 1. The maximum atomic E-state index is 13.0. The molecule has 0 bridgehead atoms. The molecule has 1 saturated heterocycles. The van der Waals surface area contributed by atoms with E-state index in [0.29, 0.717) is 43.8 Å². The third-order valence-corrected chi connectivity index (χ3v) is 8.71. The van der Waals surface area contributed by atoms with Crippen LogP contribution in [-0.4, -0.2) is 78.5 Å². The highest BCUT2D eigenvalue weighted by Gasteiger charge is 2.49. The van der Waals surface area contributed by atoms with Crippen molar-refractivity contribution in [3.05, 3.63) is 0 Å². The largest absolute Gasteiger partial charge is 0.381 e. The number of amides is 2. The van der Waals surface area contributed by atoms with Crippen molar-refractivity contribution in [3.8, 4) is 0 Å². The van der Waals surface area contributed by atoms with Crippen molar-refractivity contribution in [1.29, 1.82) is 0 Å². The first-order chi connectivity index (χ1) is 16.9. The summed E-state index contributed by atoms with van der Waals surface area (Å²) in [7, 11) is 1.82. The molecule has 0 aromatic heterocycles. The molecule has 0 spiro atoms. The van der Waals surface area contributed by atoms with Crippen molar-refractivity contribution in [3.63, 3.8) is 0 Å². The first kappa shape index (κ1) is 26.8. The van der Waals surface area contributed by atoms with Gasteiger partial charge in [0, 0.05) is 50.2 Å². The predicted molar refractivity (Wildman–Crippen MR) is 137 cm³/mol. The van der Waals surface area contributed by atoms with Crippen LogP contribution >= 0.6 is 11.6 Å². The fourth-order valence-electron chi connectivity index (χ4n) is 6.50. The molecule has 4 N–H and O–H groups in total. The molecule has 2 aliphatic heterocycles. The van der Waals surface area contributed by atoms with E-state index in [1.807, 2.05) is 7.11 Å². The number of nitrogens with zero attached hydrogens (tertiary/aromatic N) is 2. The maximum absolute atomic E-state index is 13.0. The van der Waals surface area contributed by atoms with Crippen LogP contribution in [0.4, 0.5) is 0 Å². The number of ether oxygens (including phenoxy) is 1. The highest BCUT2D eigenvalue weighted by Crippen LogP contribution is 2.41. The van der Waals surface area contributed by atoms with Crippen LogP contribution in [0.15, 0.2) is 4.99 Å². The van der Waals surface area contributed by atoms with Gasteiger partial charge in [0.2, 0.25) is 11.8 Å². The summed E-state index contributed by atoms with van der Waals surface area (Å²) in [5, 5.41) is 6.06. The summed E-state index contributed by atoms with van der Waals surface area (Å²) in [5.41, 5.74) is 8.18. The Morgan fingerprint density at radius 3 is 2.57 bits per heavy atom. The van der Waals surface area contributed by atoms with Gasteiger partial charge in [0.1, 0.15) is 0 Å². The summed E-state index contributed by atoms with van der Waals surface area (Å²) < 4.78 is 5.83. The maximum Gasteiger partial charge on any atom is 0.222 e. The van der Waals surface area contributed by atoms with Crippen molar-refractivity contribution in [2.45, 2.75) is 108 Å². The van der Waals surface area contributed by atoms with Gasteiger partial charge in [0.05, 0.1) is 30.9 Å². The highest BCUT2D eigenvalue weighted by molar-refractivity contribution is 6.20. The average Bonchev–Trinajstić information content (AvgIpc) is 3.16. The van der Waals surface area contributed by atoms with Gasteiger partial charge in [0.25, 0.3) is 0 Å². The molecule has 3 fully saturated rings. The fourth-order valence-corrected chi connectivity index (χ4v) is 6.76. The van der Waals surface area contributed by atoms with E-state index >= 15 is 0 Å². The third kappa shape index (κ3) is 6.55. The zero-order chi connectivity index (χ0) is 24.9. The summed E-state index contributed by atoms with van der Waals surface area (Å²) in [6.45, 7) is 4.80.